The highest BCUT2D eigenvalue weighted by Gasteiger charge is 2.04. The van der Waals surface area contributed by atoms with E-state index >= 15 is 0 Å². The summed E-state index contributed by atoms with van der Waals surface area (Å²) in [7, 11) is 0. The molecule has 0 fully saturated rings. The maximum Gasteiger partial charge on any atom is 0.321 e. The van der Waals surface area contributed by atoms with E-state index in [1.165, 1.54) is 0 Å². The lowest BCUT2D eigenvalue weighted by Crippen LogP contribution is -2.00. The quantitative estimate of drug-likeness (QED) is 0.851. The molecule has 2 rings (SSSR count). The number of hydrogen-bond acceptors (Lipinski definition) is 4. The molecule has 0 amide bonds. The summed E-state index contributed by atoms with van der Waals surface area (Å²) in [6, 6.07) is 7.93. The number of hydrogen-bond donors (Lipinski definition) is 1. The van der Waals surface area contributed by atoms with Gasteiger partial charge in [-0.2, -0.15) is 0 Å². The third kappa shape index (κ3) is 2.35. The van der Waals surface area contributed by atoms with Crippen molar-refractivity contribution in [3.8, 4) is 11.8 Å². The van der Waals surface area contributed by atoms with Crippen LogP contribution in [0.15, 0.2) is 36.7 Å². The molecule has 0 aliphatic heterocycles. The van der Waals surface area contributed by atoms with Gasteiger partial charge in [-0.15, -0.1) is 0 Å². The molecule has 0 radical (unpaired) electrons. The SMILES string of the molecule is Cc1cnc(Oc2ccccc2CN)nc1. The number of rotatable bonds is 3. The van der Waals surface area contributed by atoms with Gasteiger partial charge in [0.05, 0.1) is 0 Å². The van der Waals surface area contributed by atoms with Crippen LogP contribution in [0.2, 0.25) is 0 Å². The predicted molar refractivity (Wildman–Crippen MR) is 61.2 cm³/mol. The molecule has 2 N–H and O–H groups in total. The lowest BCUT2D eigenvalue weighted by Gasteiger charge is -2.07. The van der Waals surface area contributed by atoms with Crippen molar-refractivity contribution >= 4 is 0 Å². The van der Waals surface area contributed by atoms with Gasteiger partial charge in [-0.25, -0.2) is 9.97 Å². The molecule has 0 saturated carbocycles. The lowest BCUT2D eigenvalue weighted by molar-refractivity contribution is 0.436. The first-order valence-corrected chi connectivity index (χ1v) is 5.04. The zero-order valence-electron chi connectivity index (χ0n) is 9.05. The smallest absolute Gasteiger partial charge is 0.321 e. The van der Waals surface area contributed by atoms with E-state index in [9.17, 15) is 0 Å². The first kappa shape index (κ1) is 10.6. The first-order chi connectivity index (χ1) is 7.79. The molecule has 0 saturated heterocycles. The number of aryl methyl sites for hydroxylation is 1. The van der Waals surface area contributed by atoms with Gasteiger partial charge in [-0.05, 0) is 18.6 Å². The molecule has 4 nitrogen and oxygen atoms in total. The molecule has 0 aliphatic rings. The molecule has 1 aromatic heterocycles. The molecule has 0 unspecified atom stereocenters. The van der Waals surface area contributed by atoms with E-state index < -0.39 is 0 Å². The first-order valence-electron chi connectivity index (χ1n) is 5.04. The molecule has 1 aromatic carbocycles. The molecule has 0 aliphatic carbocycles. The Morgan fingerprint density at radius 2 is 1.88 bits per heavy atom. The monoisotopic (exact) mass is 215 g/mol. The fourth-order valence-corrected chi connectivity index (χ4v) is 1.30. The molecule has 4 heteroatoms. The molecule has 0 atom stereocenters. The highest BCUT2D eigenvalue weighted by Crippen LogP contribution is 2.21. The van der Waals surface area contributed by atoms with E-state index in [0.29, 0.717) is 18.3 Å². The molecular weight excluding hydrogens is 202 g/mol. The Morgan fingerprint density at radius 3 is 2.56 bits per heavy atom. The van der Waals surface area contributed by atoms with Crippen molar-refractivity contribution in [2.45, 2.75) is 13.5 Å². The van der Waals surface area contributed by atoms with Gasteiger partial charge in [-0.3, -0.25) is 0 Å². The lowest BCUT2D eigenvalue weighted by atomic mass is 10.2. The van der Waals surface area contributed by atoms with Gasteiger partial charge >= 0.3 is 6.01 Å². The van der Waals surface area contributed by atoms with E-state index in [2.05, 4.69) is 9.97 Å². The van der Waals surface area contributed by atoms with Gasteiger partial charge < -0.3 is 10.5 Å². The van der Waals surface area contributed by atoms with Crippen LogP contribution in [0.1, 0.15) is 11.1 Å². The summed E-state index contributed by atoms with van der Waals surface area (Å²) in [6.45, 7) is 2.36. The Labute approximate surface area is 94.1 Å². The Balaban J connectivity index is 2.23. The minimum Gasteiger partial charge on any atom is -0.424 e. The highest BCUT2D eigenvalue weighted by molar-refractivity contribution is 5.34. The van der Waals surface area contributed by atoms with Crippen LogP contribution in [0, 0.1) is 6.92 Å². The average molecular weight is 215 g/mol. The summed E-state index contributed by atoms with van der Waals surface area (Å²) in [6.07, 6.45) is 3.43. The third-order valence-electron chi connectivity index (χ3n) is 2.15. The van der Waals surface area contributed by atoms with Crippen LogP contribution in [-0.4, -0.2) is 9.97 Å². The maximum absolute atomic E-state index is 5.61. The Morgan fingerprint density at radius 1 is 1.19 bits per heavy atom. The number of nitrogens with two attached hydrogens (primary N) is 1. The fraction of sp³-hybridized carbons (Fsp3) is 0.167. The molecule has 0 bridgehead atoms. The number of ether oxygens (including phenoxy) is 1. The summed E-state index contributed by atoms with van der Waals surface area (Å²) in [4.78, 5) is 8.15. The number of benzene rings is 1. The van der Waals surface area contributed by atoms with Crippen molar-refractivity contribution in [2.24, 2.45) is 5.73 Å². The minimum absolute atomic E-state index is 0.339. The van der Waals surface area contributed by atoms with Crippen LogP contribution in [0.4, 0.5) is 0 Å². The molecule has 1 heterocycles. The number of nitrogens with zero attached hydrogens (tertiary/aromatic N) is 2. The Kier molecular flexibility index (Phi) is 3.12. The number of para-hydroxylation sites is 1. The van der Waals surface area contributed by atoms with Gasteiger partial charge in [-0.1, -0.05) is 18.2 Å². The summed E-state index contributed by atoms with van der Waals surface area (Å²) < 4.78 is 5.55. The van der Waals surface area contributed by atoms with Gasteiger partial charge in [0.15, 0.2) is 0 Å². The zero-order chi connectivity index (χ0) is 11.4. The molecular formula is C12H13N3O. The van der Waals surface area contributed by atoms with Crippen LogP contribution in [-0.2, 0) is 6.54 Å². The minimum atomic E-state index is 0.339. The molecule has 82 valence electrons. The average Bonchev–Trinajstić information content (AvgIpc) is 2.33. The highest BCUT2D eigenvalue weighted by atomic mass is 16.5. The second-order valence-corrected chi connectivity index (χ2v) is 3.46. The van der Waals surface area contributed by atoms with E-state index in [0.717, 1.165) is 11.1 Å². The van der Waals surface area contributed by atoms with Crippen LogP contribution < -0.4 is 10.5 Å². The van der Waals surface area contributed by atoms with Gasteiger partial charge in [0.1, 0.15) is 5.75 Å². The largest absolute Gasteiger partial charge is 0.424 e. The second kappa shape index (κ2) is 4.72. The van der Waals surface area contributed by atoms with Gasteiger partial charge in [0.25, 0.3) is 0 Å². The van der Waals surface area contributed by atoms with Crippen molar-refractivity contribution in [1.29, 1.82) is 0 Å². The Hall–Kier alpha value is -1.94. The topological polar surface area (TPSA) is 61.0 Å². The molecule has 16 heavy (non-hydrogen) atoms. The van der Waals surface area contributed by atoms with Crippen molar-refractivity contribution in [3.05, 3.63) is 47.8 Å². The second-order valence-electron chi connectivity index (χ2n) is 3.46. The van der Waals surface area contributed by atoms with Crippen LogP contribution >= 0.6 is 0 Å². The summed E-state index contributed by atoms with van der Waals surface area (Å²) in [5, 5.41) is 0. The predicted octanol–water partition coefficient (Wildman–Crippen LogP) is 2.04. The third-order valence-corrected chi connectivity index (χ3v) is 2.15. The van der Waals surface area contributed by atoms with Gasteiger partial charge in [0, 0.05) is 24.5 Å². The Bertz CT molecular complexity index is 468. The van der Waals surface area contributed by atoms with Crippen molar-refractivity contribution in [3.63, 3.8) is 0 Å². The normalized spacial score (nSPS) is 10.1. The van der Waals surface area contributed by atoms with Crippen LogP contribution in [0.5, 0.6) is 11.8 Å². The summed E-state index contributed by atoms with van der Waals surface area (Å²) in [5.74, 6) is 0.703. The van der Waals surface area contributed by atoms with E-state index in [-0.39, 0.29) is 0 Å². The summed E-state index contributed by atoms with van der Waals surface area (Å²) >= 11 is 0. The molecule has 0 spiro atoms. The van der Waals surface area contributed by atoms with E-state index in [1.54, 1.807) is 12.4 Å². The summed E-state index contributed by atoms with van der Waals surface area (Å²) in [5.41, 5.74) is 7.54. The van der Waals surface area contributed by atoms with Crippen molar-refractivity contribution in [1.82, 2.24) is 9.97 Å². The molecule has 2 aromatic rings. The fourth-order valence-electron chi connectivity index (χ4n) is 1.30. The van der Waals surface area contributed by atoms with Crippen molar-refractivity contribution < 1.29 is 4.74 Å². The van der Waals surface area contributed by atoms with Gasteiger partial charge in [0.2, 0.25) is 0 Å². The van der Waals surface area contributed by atoms with Crippen molar-refractivity contribution in [2.75, 3.05) is 0 Å². The maximum atomic E-state index is 5.61. The van der Waals surface area contributed by atoms with Crippen LogP contribution in [0.25, 0.3) is 0 Å². The van der Waals surface area contributed by atoms with E-state index in [1.807, 2.05) is 31.2 Å². The number of aromatic nitrogens is 2. The standard InChI is InChI=1S/C12H13N3O/c1-9-7-14-12(15-8-9)16-11-5-3-2-4-10(11)6-13/h2-5,7-8H,6,13H2,1H3. The van der Waals surface area contributed by atoms with Crippen LogP contribution in [0.3, 0.4) is 0 Å². The van der Waals surface area contributed by atoms with E-state index in [4.69, 9.17) is 10.5 Å². The zero-order valence-corrected chi connectivity index (χ0v) is 9.05.